The zero-order valence-electron chi connectivity index (χ0n) is 35.0. The Kier molecular flexibility index (Phi) is 7.09. The van der Waals surface area contributed by atoms with Crippen molar-refractivity contribution in [1.82, 2.24) is 0 Å². The number of furan rings is 1. The van der Waals surface area contributed by atoms with E-state index in [1.165, 1.54) is 84.1 Å². The van der Waals surface area contributed by atoms with Gasteiger partial charge in [0.25, 0.3) is 0 Å². The van der Waals surface area contributed by atoms with Crippen molar-refractivity contribution in [2.24, 2.45) is 0 Å². The summed E-state index contributed by atoms with van der Waals surface area (Å²) >= 11 is 0. The molecule has 3 nitrogen and oxygen atoms in total. The van der Waals surface area contributed by atoms with Crippen molar-refractivity contribution in [3.05, 3.63) is 203 Å². The lowest BCUT2D eigenvalue weighted by Gasteiger charge is -2.43. The first kappa shape index (κ1) is 35.1. The van der Waals surface area contributed by atoms with E-state index in [4.69, 9.17) is 4.42 Å². The van der Waals surface area contributed by atoms with Gasteiger partial charge in [-0.05, 0) is 116 Å². The Morgan fingerprint density at radius 1 is 0.350 bits per heavy atom. The molecule has 3 heteroatoms. The Morgan fingerprint density at radius 3 is 1.55 bits per heavy atom. The monoisotopic (exact) mass is 774 g/mol. The van der Waals surface area contributed by atoms with E-state index in [0.29, 0.717) is 0 Å². The van der Waals surface area contributed by atoms with Crippen molar-refractivity contribution in [3.8, 4) is 22.3 Å². The standard InChI is InChI=1S/C57H46N2O/c1-55(2)42-19-9-7-16-38(42)39-29-28-37(34-45(39)55)58-48-22-12-10-20-43(48)56(3,4)46-32-35(26-30-50(46)58)36-27-31-51-47(33-36)57(5,6)44-21-11-13-23-49(44)59(51)52-24-15-18-41-40-17-8-14-25-53(40)60-54(41)52/h7-34H,1-6H3. The van der Waals surface area contributed by atoms with Crippen LogP contribution in [-0.4, -0.2) is 0 Å². The molecular weight excluding hydrogens is 729 g/mol. The number of rotatable bonds is 3. The molecule has 0 unspecified atom stereocenters. The lowest BCUT2D eigenvalue weighted by molar-refractivity contribution is 0.630. The van der Waals surface area contributed by atoms with Crippen molar-refractivity contribution in [1.29, 1.82) is 0 Å². The van der Waals surface area contributed by atoms with Crippen molar-refractivity contribution < 1.29 is 4.42 Å². The number of benzene rings is 8. The van der Waals surface area contributed by atoms with Gasteiger partial charge in [0.2, 0.25) is 0 Å². The van der Waals surface area contributed by atoms with Gasteiger partial charge in [0.15, 0.2) is 5.58 Å². The molecule has 0 radical (unpaired) electrons. The van der Waals surface area contributed by atoms with Gasteiger partial charge in [-0.25, -0.2) is 0 Å². The van der Waals surface area contributed by atoms with Crippen LogP contribution in [0, 0.1) is 0 Å². The zero-order chi connectivity index (χ0) is 40.7. The van der Waals surface area contributed by atoms with Gasteiger partial charge in [-0.15, -0.1) is 0 Å². The maximum atomic E-state index is 6.65. The summed E-state index contributed by atoms with van der Waals surface area (Å²) in [7, 11) is 0. The van der Waals surface area contributed by atoms with Crippen LogP contribution in [0.4, 0.5) is 34.1 Å². The van der Waals surface area contributed by atoms with Crippen LogP contribution in [0.5, 0.6) is 0 Å². The highest BCUT2D eigenvalue weighted by Gasteiger charge is 2.41. The third-order valence-corrected chi connectivity index (χ3v) is 14.2. The smallest absolute Gasteiger partial charge is 0.159 e. The molecule has 0 bridgehead atoms. The molecule has 0 atom stereocenters. The van der Waals surface area contributed by atoms with E-state index < -0.39 is 0 Å². The van der Waals surface area contributed by atoms with E-state index in [1.807, 2.05) is 6.07 Å². The Balaban J connectivity index is 1.01. The Hall–Kier alpha value is -6.84. The van der Waals surface area contributed by atoms with Crippen LogP contribution < -0.4 is 9.80 Å². The summed E-state index contributed by atoms with van der Waals surface area (Å²) in [5, 5.41) is 2.27. The maximum Gasteiger partial charge on any atom is 0.159 e. The number of anilines is 6. The predicted octanol–water partition coefficient (Wildman–Crippen LogP) is 15.8. The molecule has 9 aromatic rings. The molecule has 1 aliphatic carbocycles. The third kappa shape index (κ3) is 4.66. The van der Waals surface area contributed by atoms with Gasteiger partial charge in [-0.2, -0.15) is 0 Å². The minimum absolute atomic E-state index is 0.0852. The fourth-order valence-electron chi connectivity index (χ4n) is 11.0. The van der Waals surface area contributed by atoms with Crippen molar-refractivity contribution in [3.63, 3.8) is 0 Å². The molecule has 290 valence electrons. The second-order valence-corrected chi connectivity index (χ2v) is 18.6. The molecule has 0 fully saturated rings. The molecule has 0 N–H and O–H groups in total. The fourth-order valence-corrected chi connectivity index (χ4v) is 11.0. The van der Waals surface area contributed by atoms with Gasteiger partial charge in [-0.1, -0.05) is 151 Å². The van der Waals surface area contributed by atoms with Crippen LogP contribution >= 0.6 is 0 Å². The van der Waals surface area contributed by atoms with Gasteiger partial charge in [0, 0.05) is 32.7 Å². The number of nitrogens with zero attached hydrogens (tertiary/aromatic N) is 2. The second-order valence-electron chi connectivity index (χ2n) is 18.6. The third-order valence-electron chi connectivity index (χ3n) is 14.2. The van der Waals surface area contributed by atoms with Crippen LogP contribution in [0.1, 0.15) is 74.9 Å². The summed E-state index contributed by atoms with van der Waals surface area (Å²) < 4.78 is 6.65. The summed E-state index contributed by atoms with van der Waals surface area (Å²) in [5.74, 6) is 0. The number of hydrogen-bond acceptors (Lipinski definition) is 3. The van der Waals surface area contributed by atoms with Gasteiger partial charge < -0.3 is 14.2 Å². The first-order valence-corrected chi connectivity index (χ1v) is 21.3. The van der Waals surface area contributed by atoms with Crippen molar-refractivity contribution in [2.75, 3.05) is 9.80 Å². The van der Waals surface area contributed by atoms with E-state index in [-0.39, 0.29) is 16.2 Å². The predicted molar refractivity (Wildman–Crippen MR) is 250 cm³/mol. The van der Waals surface area contributed by atoms with E-state index in [1.54, 1.807) is 0 Å². The summed E-state index contributed by atoms with van der Waals surface area (Å²) in [6.45, 7) is 14.2. The van der Waals surface area contributed by atoms with E-state index in [0.717, 1.165) is 27.6 Å². The highest BCUT2D eigenvalue weighted by Crippen LogP contribution is 2.57. The topological polar surface area (TPSA) is 19.6 Å². The minimum Gasteiger partial charge on any atom is -0.454 e. The normalized spacial score (nSPS) is 16.2. The highest BCUT2D eigenvalue weighted by atomic mass is 16.3. The molecule has 12 rings (SSSR count). The average molecular weight is 775 g/mol. The molecule has 0 amide bonds. The average Bonchev–Trinajstić information content (AvgIpc) is 3.76. The quantitative estimate of drug-likeness (QED) is 0.178. The molecule has 0 saturated heterocycles. The molecule has 3 aliphatic rings. The summed E-state index contributed by atoms with van der Waals surface area (Å²) in [4.78, 5) is 4.92. The number of hydrogen-bond donors (Lipinski definition) is 0. The molecule has 2 aliphatic heterocycles. The maximum absolute atomic E-state index is 6.65. The van der Waals surface area contributed by atoms with Crippen LogP contribution in [-0.2, 0) is 16.2 Å². The molecule has 8 aromatic carbocycles. The molecule has 60 heavy (non-hydrogen) atoms. The number of para-hydroxylation sites is 4. The van der Waals surface area contributed by atoms with Gasteiger partial charge in [0.05, 0.1) is 28.4 Å². The Morgan fingerprint density at radius 2 is 0.850 bits per heavy atom. The minimum atomic E-state index is -0.246. The van der Waals surface area contributed by atoms with Gasteiger partial charge in [-0.3, -0.25) is 0 Å². The Bertz CT molecular complexity index is 3270. The SMILES string of the molecule is CC1(C)c2ccccc2-c2ccc(N3c4ccccc4C(C)(C)c4cc(-c5ccc6c(c5)C(C)(C)c5ccccc5N6c5cccc6c5oc5ccccc56)ccc43)cc21. The van der Waals surface area contributed by atoms with Crippen LogP contribution in [0.3, 0.4) is 0 Å². The summed E-state index contributed by atoms with van der Waals surface area (Å²) in [5.41, 5.74) is 21.5. The second kappa shape index (κ2) is 12.1. The Labute approximate surface area is 352 Å². The van der Waals surface area contributed by atoms with Gasteiger partial charge in [0.1, 0.15) is 5.58 Å². The molecule has 1 aromatic heterocycles. The van der Waals surface area contributed by atoms with Crippen LogP contribution in [0.15, 0.2) is 174 Å². The van der Waals surface area contributed by atoms with Crippen LogP contribution in [0.2, 0.25) is 0 Å². The van der Waals surface area contributed by atoms with Crippen LogP contribution in [0.25, 0.3) is 44.2 Å². The lowest BCUT2D eigenvalue weighted by atomic mass is 9.71. The van der Waals surface area contributed by atoms with Gasteiger partial charge >= 0.3 is 0 Å². The molecule has 0 saturated carbocycles. The fraction of sp³-hybridized carbons (Fsp3) is 0.158. The highest BCUT2D eigenvalue weighted by molar-refractivity contribution is 6.11. The molecule has 0 spiro atoms. The summed E-state index contributed by atoms with van der Waals surface area (Å²) in [6, 6.07) is 63.0. The first-order chi connectivity index (χ1) is 29.0. The van der Waals surface area contributed by atoms with E-state index in [2.05, 4.69) is 215 Å². The largest absolute Gasteiger partial charge is 0.454 e. The zero-order valence-corrected chi connectivity index (χ0v) is 35.0. The first-order valence-electron chi connectivity index (χ1n) is 21.3. The molecular formula is C57H46N2O. The molecule has 3 heterocycles. The van der Waals surface area contributed by atoms with E-state index in [9.17, 15) is 0 Å². The number of fused-ring (bicyclic) bond motifs is 10. The van der Waals surface area contributed by atoms with Crippen molar-refractivity contribution >= 4 is 56.1 Å². The summed E-state index contributed by atoms with van der Waals surface area (Å²) in [6.07, 6.45) is 0. The van der Waals surface area contributed by atoms with E-state index >= 15 is 0 Å². The lowest BCUT2D eigenvalue weighted by Crippen LogP contribution is -2.31. The van der Waals surface area contributed by atoms with Crippen molar-refractivity contribution in [2.45, 2.75) is 57.8 Å².